The first-order valence-electron chi connectivity index (χ1n) is 5.56. The quantitative estimate of drug-likeness (QED) is 0.394. The molecule has 1 atom stereocenters. The van der Waals surface area contributed by atoms with Crippen LogP contribution in [0, 0.1) is 10.1 Å². The number of hydrogen-bond donors (Lipinski definition) is 1. The van der Waals surface area contributed by atoms with Gasteiger partial charge in [0, 0.05) is 0 Å². The van der Waals surface area contributed by atoms with Crippen LogP contribution in [0.15, 0.2) is 41.1 Å². The van der Waals surface area contributed by atoms with E-state index in [1.54, 1.807) is 0 Å². The van der Waals surface area contributed by atoms with Crippen LogP contribution in [-0.4, -0.2) is 13.3 Å². The van der Waals surface area contributed by atoms with Crippen molar-refractivity contribution >= 4 is 29.9 Å². The Hall–Kier alpha value is -2.14. The number of benzene rings is 1. The third kappa shape index (κ3) is 3.54. The van der Waals surface area contributed by atoms with E-state index in [9.17, 15) is 31.7 Å². The zero-order chi connectivity index (χ0) is 16.5. The maximum atomic E-state index is 12.4. The van der Waals surface area contributed by atoms with E-state index >= 15 is 0 Å². The van der Waals surface area contributed by atoms with Gasteiger partial charge in [0.05, 0.1) is 22.2 Å². The van der Waals surface area contributed by atoms with E-state index in [4.69, 9.17) is 0 Å². The first kappa shape index (κ1) is 16.2. The number of anilines is 1. The molecule has 0 aliphatic heterocycles. The number of alkyl halides is 3. The summed E-state index contributed by atoms with van der Waals surface area (Å²) in [7, 11) is -5.56. The van der Waals surface area contributed by atoms with Gasteiger partial charge < -0.3 is 0 Å². The van der Waals surface area contributed by atoms with Crippen LogP contribution in [0.4, 0.5) is 24.5 Å². The van der Waals surface area contributed by atoms with Crippen LogP contribution in [0.5, 0.6) is 0 Å². The highest BCUT2D eigenvalue weighted by molar-refractivity contribution is 8.39. The topological polar surface area (TPSA) is 89.3 Å². The number of nitro groups is 1. The molecule has 0 amide bonds. The lowest BCUT2D eigenvalue weighted by Crippen LogP contribution is -2.09. The molecule has 0 radical (unpaired) electrons. The first-order valence-corrected chi connectivity index (χ1v) is 8.91. The van der Waals surface area contributed by atoms with Crippen LogP contribution in [0.25, 0.3) is 0 Å². The summed E-state index contributed by atoms with van der Waals surface area (Å²) in [5, 5.41) is 12.6. The van der Waals surface area contributed by atoms with Crippen LogP contribution in [0.1, 0.15) is 5.56 Å². The number of rotatable bonds is 4. The summed E-state index contributed by atoms with van der Waals surface area (Å²) in [6.45, 7) is 0. The molecule has 22 heavy (non-hydrogen) atoms. The van der Waals surface area contributed by atoms with Crippen molar-refractivity contribution in [2.75, 3.05) is 4.72 Å². The highest BCUT2D eigenvalue weighted by Crippen LogP contribution is 2.33. The summed E-state index contributed by atoms with van der Waals surface area (Å²) < 4.78 is 63.3. The lowest BCUT2D eigenvalue weighted by Gasteiger charge is -2.07. The molecule has 1 unspecified atom stereocenters. The normalized spacial score (nSPS) is 13.0. The van der Waals surface area contributed by atoms with Crippen molar-refractivity contribution in [2.45, 2.75) is 6.18 Å². The van der Waals surface area contributed by atoms with Crippen molar-refractivity contribution in [1.29, 1.82) is 0 Å². The van der Waals surface area contributed by atoms with Crippen LogP contribution in [0.2, 0.25) is 0 Å². The molecule has 2 aromatic rings. The SMILES string of the molecule is O=[N+]([O-])c1cc[s+](S(=O)(=O)Nc2ccc(C(F)(F)F)cc2)c1. The number of nitrogens with zero attached hydrogens (tertiary/aromatic N) is 1. The maximum Gasteiger partial charge on any atom is 0.433 e. The van der Waals surface area contributed by atoms with Gasteiger partial charge in [0.2, 0.25) is 5.38 Å². The zero-order valence-corrected chi connectivity index (χ0v) is 12.2. The van der Waals surface area contributed by atoms with Crippen molar-refractivity contribution in [2.24, 2.45) is 0 Å². The average molecular weight is 353 g/mol. The molecule has 11 heteroatoms. The molecular weight excluding hydrogens is 345 g/mol. The van der Waals surface area contributed by atoms with Gasteiger partial charge in [0.1, 0.15) is 9.50 Å². The molecule has 1 aromatic heterocycles. The van der Waals surface area contributed by atoms with Gasteiger partial charge in [-0.2, -0.15) is 21.6 Å². The molecule has 118 valence electrons. The minimum Gasteiger partial charge on any atom is -0.258 e. The van der Waals surface area contributed by atoms with E-state index in [1.807, 2.05) is 0 Å². The molecule has 0 fully saturated rings. The van der Waals surface area contributed by atoms with Gasteiger partial charge in [-0.05, 0) is 24.3 Å². The molecule has 2 rings (SSSR count). The van der Waals surface area contributed by atoms with Crippen LogP contribution >= 0.6 is 9.50 Å². The van der Waals surface area contributed by atoms with Crippen molar-refractivity contribution in [3.63, 3.8) is 0 Å². The van der Waals surface area contributed by atoms with E-state index in [-0.39, 0.29) is 11.4 Å². The Balaban J connectivity index is 2.23. The summed E-state index contributed by atoms with van der Waals surface area (Å²) in [4.78, 5) is 9.81. The molecule has 1 heterocycles. The van der Waals surface area contributed by atoms with Gasteiger partial charge in [0.15, 0.2) is 5.38 Å². The van der Waals surface area contributed by atoms with Crippen LogP contribution in [-0.2, 0) is 15.2 Å². The molecule has 0 aliphatic rings. The summed E-state index contributed by atoms with van der Waals surface area (Å²) in [5.74, 6) is 0. The van der Waals surface area contributed by atoms with Crippen molar-refractivity contribution in [1.82, 2.24) is 0 Å². The fourth-order valence-electron chi connectivity index (χ4n) is 1.49. The molecule has 0 bridgehead atoms. The Morgan fingerprint density at radius 3 is 2.18 bits per heavy atom. The molecule has 0 aliphatic carbocycles. The van der Waals surface area contributed by atoms with Crippen molar-refractivity contribution < 1.29 is 26.5 Å². The highest BCUT2D eigenvalue weighted by atomic mass is 33.2. The summed E-state index contributed by atoms with van der Waals surface area (Å²) >= 11 is 0. The van der Waals surface area contributed by atoms with E-state index in [0.717, 1.165) is 41.1 Å². The van der Waals surface area contributed by atoms with E-state index in [0.29, 0.717) is 0 Å². The van der Waals surface area contributed by atoms with Crippen molar-refractivity contribution in [3.05, 3.63) is 56.8 Å². The minimum atomic E-state index is -4.52. The van der Waals surface area contributed by atoms with Crippen molar-refractivity contribution in [3.8, 4) is 0 Å². The number of hydrogen-bond acceptors (Lipinski definition) is 4. The van der Waals surface area contributed by atoms with E-state index in [2.05, 4.69) is 4.72 Å². The molecule has 1 N–H and O–H groups in total. The average Bonchev–Trinajstić information content (AvgIpc) is 2.88. The molecule has 0 saturated carbocycles. The lowest BCUT2D eigenvalue weighted by atomic mass is 10.2. The number of halogens is 3. The Morgan fingerprint density at radius 2 is 1.73 bits per heavy atom. The summed E-state index contributed by atoms with van der Waals surface area (Å²) in [5.41, 5.74) is -1.31. The third-order valence-electron chi connectivity index (χ3n) is 2.53. The highest BCUT2D eigenvalue weighted by Gasteiger charge is 2.31. The summed E-state index contributed by atoms with van der Waals surface area (Å²) in [6, 6.07) is 4.49. The summed E-state index contributed by atoms with van der Waals surface area (Å²) in [6.07, 6.45) is -4.52. The Kier molecular flexibility index (Phi) is 4.11. The largest absolute Gasteiger partial charge is 0.433 e. The predicted molar refractivity (Wildman–Crippen MR) is 75.0 cm³/mol. The van der Waals surface area contributed by atoms with Crippen LogP contribution < -0.4 is 4.72 Å². The number of thiophene rings is 1. The zero-order valence-electron chi connectivity index (χ0n) is 10.6. The Labute approximate surface area is 124 Å². The first-order chi connectivity index (χ1) is 10.1. The van der Waals surface area contributed by atoms with Gasteiger partial charge >= 0.3 is 20.9 Å². The standard InChI is InChI=1S/C11H8F3N2O4S2/c12-11(13,14)8-1-3-9(4-2-8)15-22(19,20)21-6-5-10(7-21)16(17)18/h1-7,15H/q+1. The van der Waals surface area contributed by atoms with Gasteiger partial charge in [-0.25, -0.2) is 4.72 Å². The maximum absolute atomic E-state index is 12.4. The van der Waals surface area contributed by atoms with Gasteiger partial charge in [0.25, 0.3) is 0 Å². The second-order valence-corrected chi connectivity index (χ2v) is 8.81. The van der Waals surface area contributed by atoms with E-state index in [1.165, 1.54) is 0 Å². The molecule has 0 spiro atoms. The number of nitrogens with one attached hydrogen (secondary N) is 1. The smallest absolute Gasteiger partial charge is 0.258 e. The fourth-order valence-corrected chi connectivity index (χ4v) is 4.90. The molecule has 1 aromatic carbocycles. The molecule has 0 saturated heterocycles. The van der Waals surface area contributed by atoms with Gasteiger partial charge in [-0.3, -0.25) is 10.1 Å². The molecule has 6 nitrogen and oxygen atoms in total. The monoisotopic (exact) mass is 353 g/mol. The Morgan fingerprint density at radius 1 is 1.14 bits per heavy atom. The van der Waals surface area contributed by atoms with E-state index < -0.39 is 35.2 Å². The second-order valence-electron chi connectivity index (χ2n) is 4.06. The second kappa shape index (κ2) is 5.57. The van der Waals surface area contributed by atoms with Gasteiger partial charge in [-0.1, -0.05) is 0 Å². The molecular formula is C11H8F3N2O4S2+. The third-order valence-corrected chi connectivity index (χ3v) is 6.79. The lowest BCUT2D eigenvalue weighted by molar-refractivity contribution is -0.384. The van der Waals surface area contributed by atoms with Gasteiger partial charge in [-0.15, -0.1) is 0 Å². The predicted octanol–water partition coefficient (Wildman–Crippen LogP) is 3.57. The minimum absolute atomic E-state index is 0.0585. The fraction of sp³-hybridized carbons (Fsp3) is 0.0909. The Bertz CT molecular complexity index is 797. The van der Waals surface area contributed by atoms with Crippen LogP contribution in [0.3, 0.4) is 0 Å².